The van der Waals surface area contributed by atoms with E-state index in [0.717, 1.165) is 5.71 Å². The first-order valence-electron chi connectivity index (χ1n) is 5.51. The standard InChI is InChI=1S/C10H12BrNO4/c1-5-7-8-9(13-2-3-14-9)4-6(15-8)10(7,11)16-12-5/h6-8H,2-4H2,1H3/t6-,7+,8-,10-/m0/s1. The fourth-order valence-corrected chi connectivity index (χ4v) is 4.16. The Labute approximate surface area is 101 Å². The zero-order valence-corrected chi connectivity index (χ0v) is 10.4. The quantitative estimate of drug-likeness (QED) is 0.625. The molecular weight excluding hydrogens is 278 g/mol. The topological polar surface area (TPSA) is 49.3 Å². The Bertz CT molecular complexity index is 381. The first-order valence-corrected chi connectivity index (χ1v) is 6.30. The van der Waals surface area contributed by atoms with E-state index in [9.17, 15) is 0 Å². The lowest BCUT2D eigenvalue weighted by Gasteiger charge is -2.37. The largest absolute Gasteiger partial charge is 0.374 e. The van der Waals surface area contributed by atoms with Crippen molar-refractivity contribution < 1.29 is 19.0 Å². The van der Waals surface area contributed by atoms with E-state index in [-0.39, 0.29) is 18.1 Å². The van der Waals surface area contributed by atoms with Crippen molar-refractivity contribution in [3.05, 3.63) is 0 Å². The first-order chi connectivity index (χ1) is 7.66. The fourth-order valence-electron chi connectivity index (χ4n) is 3.25. The van der Waals surface area contributed by atoms with Gasteiger partial charge in [-0.1, -0.05) is 5.16 Å². The Balaban J connectivity index is 1.76. The molecule has 16 heavy (non-hydrogen) atoms. The molecule has 4 aliphatic rings. The Morgan fingerprint density at radius 2 is 2.12 bits per heavy atom. The van der Waals surface area contributed by atoms with Gasteiger partial charge in [0.15, 0.2) is 5.79 Å². The lowest BCUT2D eigenvalue weighted by molar-refractivity contribution is -0.198. The minimum absolute atomic E-state index is 0.0539. The third-order valence-corrected chi connectivity index (χ3v) is 5.08. The molecule has 0 unspecified atom stereocenters. The van der Waals surface area contributed by atoms with Gasteiger partial charge in [-0.15, -0.1) is 0 Å². The van der Waals surface area contributed by atoms with E-state index in [4.69, 9.17) is 19.0 Å². The summed E-state index contributed by atoms with van der Waals surface area (Å²) in [5.41, 5.74) is 0.947. The van der Waals surface area contributed by atoms with Crippen molar-refractivity contribution in [2.75, 3.05) is 13.2 Å². The van der Waals surface area contributed by atoms with E-state index >= 15 is 0 Å². The molecule has 3 fully saturated rings. The van der Waals surface area contributed by atoms with Crippen molar-refractivity contribution in [1.29, 1.82) is 0 Å². The second-order valence-corrected chi connectivity index (χ2v) is 6.00. The number of ether oxygens (including phenoxy) is 3. The monoisotopic (exact) mass is 289 g/mol. The molecule has 0 saturated carbocycles. The van der Waals surface area contributed by atoms with Crippen LogP contribution in [-0.4, -0.2) is 41.4 Å². The van der Waals surface area contributed by atoms with Crippen LogP contribution in [0.1, 0.15) is 13.3 Å². The zero-order valence-electron chi connectivity index (χ0n) is 8.81. The summed E-state index contributed by atoms with van der Waals surface area (Å²) in [6.45, 7) is 3.25. The average molecular weight is 290 g/mol. The number of fused-ring (bicyclic) bond motifs is 6. The second kappa shape index (κ2) is 2.80. The van der Waals surface area contributed by atoms with Crippen LogP contribution >= 0.6 is 15.9 Å². The van der Waals surface area contributed by atoms with Crippen LogP contribution in [0.4, 0.5) is 0 Å². The molecule has 0 aromatic carbocycles. The van der Waals surface area contributed by atoms with Crippen LogP contribution < -0.4 is 0 Å². The molecule has 4 rings (SSSR count). The molecule has 4 aliphatic heterocycles. The molecule has 0 radical (unpaired) electrons. The molecular formula is C10H12BrNO4. The Kier molecular flexibility index (Phi) is 1.72. The predicted octanol–water partition coefficient (Wildman–Crippen LogP) is 1.01. The minimum Gasteiger partial charge on any atom is -0.374 e. The number of hydrogen-bond acceptors (Lipinski definition) is 5. The van der Waals surface area contributed by atoms with Crippen LogP contribution in [0.2, 0.25) is 0 Å². The molecule has 0 aromatic rings. The Morgan fingerprint density at radius 1 is 1.38 bits per heavy atom. The SMILES string of the molecule is CC1=NO[C@@]2(Br)[C@@H]3CC4(OCCO4)[C@@H](O3)[C@@H]12. The molecule has 1 spiro atoms. The van der Waals surface area contributed by atoms with Crippen LogP contribution in [0, 0.1) is 5.92 Å². The van der Waals surface area contributed by atoms with Gasteiger partial charge >= 0.3 is 0 Å². The summed E-state index contributed by atoms with van der Waals surface area (Å²) in [6.07, 6.45) is 0.551. The number of nitrogens with zero attached hydrogens (tertiary/aromatic N) is 1. The molecule has 5 nitrogen and oxygen atoms in total. The molecule has 3 saturated heterocycles. The highest BCUT2D eigenvalue weighted by molar-refractivity contribution is 9.10. The third kappa shape index (κ3) is 0.917. The van der Waals surface area contributed by atoms with Crippen LogP contribution in [0.15, 0.2) is 5.16 Å². The second-order valence-electron chi connectivity index (χ2n) is 4.76. The lowest BCUT2D eigenvalue weighted by Crippen LogP contribution is -2.54. The normalized spacial score (nSPS) is 51.9. The molecule has 0 amide bonds. The van der Waals surface area contributed by atoms with Crippen molar-refractivity contribution in [3.8, 4) is 0 Å². The van der Waals surface area contributed by atoms with E-state index in [1.807, 2.05) is 6.92 Å². The van der Waals surface area contributed by atoms with Crippen LogP contribution in [0.3, 0.4) is 0 Å². The minimum atomic E-state index is -0.558. The maximum atomic E-state index is 5.95. The summed E-state index contributed by atoms with van der Waals surface area (Å²) in [5, 5.41) is 4.07. The van der Waals surface area contributed by atoms with Gasteiger partial charge in [-0.25, -0.2) is 0 Å². The Hall–Kier alpha value is -0.170. The van der Waals surface area contributed by atoms with Gasteiger partial charge in [-0.3, -0.25) is 0 Å². The highest BCUT2D eigenvalue weighted by Gasteiger charge is 2.74. The summed E-state index contributed by atoms with van der Waals surface area (Å²) in [5.74, 6) is -0.471. The number of hydrogen-bond donors (Lipinski definition) is 0. The van der Waals surface area contributed by atoms with Gasteiger partial charge in [-0.05, 0) is 22.9 Å². The van der Waals surface area contributed by atoms with Gasteiger partial charge in [0.05, 0.1) is 24.8 Å². The molecule has 4 heterocycles. The lowest BCUT2D eigenvalue weighted by atomic mass is 9.80. The van der Waals surface area contributed by atoms with Gasteiger partial charge in [0.2, 0.25) is 4.51 Å². The zero-order chi connectivity index (χ0) is 11.0. The predicted molar refractivity (Wildman–Crippen MR) is 57.3 cm³/mol. The first kappa shape index (κ1) is 9.82. The molecule has 0 aromatic heterocycles. The fraction of sp³-hybridized carbons (Fsp3) is 0.900. The maximum Gasteiger partial charge on any atom is 0.228 e. The third-order valence-electron chi connectivity index (χ3n) is 3.94. The Morgan fingerprint density at radius 3 is 2.88 bits per heavy atom. The highest BCUT2D eigenvalue weighted by atomic mass is 79.9. The van der Waals surface area contributed by atoms with E-state index in [2.05, 4.69) is 21.1 Å². The van der Waals surface area contributed by atoms with Crippen molar-refractivity contribution in [3.63, 3.8) is 0 Å². The van der Waals surface area contributed by atoms with E-state index < -0.39 is 10.3 Å². The highest BCUT2D eigenvalue weighted by Crippen LogP contribution is 2.60. The van der Waals surface area contributed by atoms with Crippen LogP contribution in [-0.2, 0) is 19.0 Å². The van der Waals surface area contributed by atoms with Gasteiger partial charge in [0.1, 0.15) is 12.2 Å². The van der Waals surface area contributed by atoms with Crippen molar-refractivity contribution in [2.45, 2.75) is 35.8 Å². The number of halogens is 1. The molecule has 0 N–H and O–H groups in total. The summed E-state index contributed by atoms with van der Waals surface area (Å²) >= 11 is 3.63. The van der Waals surface area contributed by atoms with Gasteiger partial charge in [0, 0.05) is 6.42 Å². The van der Waals surface area contributed by atoms with Crippen molar-refractivity contribution in [2.24, 2.45) is 11.1 Å². The molecule has 88 valence electrons. The number of alkyl halides is 1. The van der Waals surface area contributed by atoms with E-state index in [0.29, 0.717) is 19.6 Å². The molecule has 6 heteroatoms. The van der Waals surface area contributed by atoms with Crippen LogP contribution in [0.25, 0.3) is 0 Å². The average Bonchev–Trinajstić information content (AvgIpc) is 2.95. The van der Waals surface area contributed by atoms with Gasteiger partial charge in [-0.2, -0.15) is 0 Å². The maximum absolute atomic E-state index is 5.95. The van der Waals surface area contributed by atoms with E-state index in [1.165, 1.54) is 0 Å². The van der Waals surface area contributed by atoms with Crippen molar-refractivity contribution >= 4 is 21.6 Å². The summed E-state index contributed by atoms with van der Waals surface area (Å²) < 4.78 is 17.0. The van der Waals surface area contributed by atoms with Gasteiger partial charge in [0.25, 0.3) is 0 Å². The number of rotatable bonds is 0. The summed E-state index contributed by atoms with van der Waals surface area (Å²) in [6, 6.07) is 0. The van der Waals surface area contributed by atoms with Gasteiger partial charge < -0.3 is 19.0 Å². The molecule has 2 bridgehead atoms. The summed E-state index contributed by atoms with van der Waals surface area (Å²) in [4.78, 5) is 5.48. The van der Waals surface area contributed by atoms with Crippen LogP contribution in [0.5, 0.6) is 0 Å². The van der Waals surface area contributed by atoms with E-state index in [1.54, 1.807) is 0 Å². The number of oxime groups is 1. The molecule has 0 aliphatic carbocycles. The van der Waals surface area contributed by atoms with Crippen molar-refractivity contribution in [1.82, 2.24) is 0 Å². The summed E-state index contributed by atoms with van der Waals surface area (Å²) in [7, 11) is 0. The smallest absolute Gasteiger partial charge is 0.228 e. The molecule has 4 atom stereocenters.